The molecule has 230 valence electrons. The number of halogens is 7. The highest BCUT2D eigenvalue weighted by Gasteiger charge is 2.60. The minimum Gasteiger partial charge on any atom is -0.358 e. The van der Waals surface area contributed by atoms with Gasteiger partial charge >= 0.3 is 18.4 Å². The molecule has 1 spiro atoms. The summed E-state index contributed by atoms with van der Waals surface area (Å²) < 4.78 is 96.0. The predicted molar refractivity (Wildman–Crippen MR) is 140 cm³/mol. The molecule has 13 heteroatoms. The number of alkyl halides is 6. The molecule has 0 saturated carbocycles. The number of nitrogens with zero attached hydrogens (tertiary/aromatic N) is 1. The van der Waals surface area contributed by atoms with Gasteiger partial charge in [0, 0.05) is 36.6 Å². The maximum atomic E-state index is 14.2. The Hall–Kier alpha value is -3.19. The van der Waals surface area contributed by atoms with Gasteiger partial charge in [0.25, 0.3) is 0 Å². The minimum absolute atomic E-state index is 0.0414. The lowest BCUT2D eigenvalue weighted by atomic mass is 9.76. The second kappa shape index (κ2) is 10.5. The Bertz CT molecular complexity index is 1360. The second-order valence-electron chi connectivity index (χ2n) is 11.8. The lowest BCUT2D eigenvalue weighted by molar-refractivity contribution is -0.916. The molecule has 2 heterocycles. The molecule has 2 aliphatic rings. The Morgan fingerprint density at radius 2 is 1.62 bits per heavy atom. The average Bonchev–Trinajstić information content (AvgIpc) is 3.23. The van der Waals surface area contributed by atoms with E-state index in [0.29, 0.717) is 36.1 Å². The SMILES string of the molecule is CNC(=O)C1(C)CCC2(CC[N+](C(N)=O)([C@H](C)c3cc(C(F)(F)F)cc(C(F)(F)F)c3)C(c3ccc(F)cc3C)C2)N1. The Kier molecular flexibility index (Phi) is 7.94. The van der Waals surface area contributed by atoms with Crippen molar-refractivity contribution in [3.8, 4) is 0 Å². The number of carbonyl (C=O) groups is 2. The summed E-state index contributed by atoms with van der Waals surface area (Å²) in [5, 5.41) is 6.06. The lowest BCUT2D eigenvalue weighted by Crippen LogP contribution is -2.67. The lowest BCUT2D eigenvalue weighted by Gasteiger charge is -2.53. The van der Waals surface area contributed by atoms with Gasteiger partial charge in [0.15, 0.2) is 0 Å². The van der Waals surface area contributed by atoms with Crippen LogP contribution in [0.3, 0.4) is 0 Å². The number of likely N-dealkylation sites (tertiary alicyclic amines) is 1. The third-order valence-corrected chi connectivity index (χ3v) is 9.26. The summed E-state index contributed by atoms with van der Waals surface area (Å²) in [7, 11) is 1.51. The summed E-state index contributed by atoms with van der Waals surface area (Å²) in [6.07, 6.45) is -8.76. The van der Waals surface area contributed by atoms with Crippen molar-refractivity contribution >= 4 is 11.9 Å². The van der Waals surface area contributed by atoms with Gasteiger partial charge in [0.2, 0.25) is 5.91 Å². The number of primary amides is 1. The van der Waals surface area contributed by atoms with Gasteiger partial charge in [-0.3, -0.25) is 10.1 Å². The zero-order valence-electron chi connectivity index (χ0n) is 23.6. The summed E-state index contributed by atoms with van der Waals surface area (Å²) >= 11 is 0. The predicted octanol–water partition coefficient (Wildman–Crippen LogP) is 6.29. The third-order valence-electron chi connectivity index (χ3n) is 9.26. The van der Waals surface area contributed by atoms with Crippen LogP contribution in [0.1, 0.15) is 79.4 Å². The Morgan fingerprint density at radius 3 is 2.12 bits per heavy atom. The summed E-state index contributed by atoms with van der Waals surface area (Å²) in [4.78, 5) is 26.2. The molecule has 0 aromatic heterocycles. The van der Waals surface area contributed by atoms with Crippen molar-refractivity contribution in [3.05, 3.63) is 70.0 Å². The van der Waals surface area contributed by atoms with Crippen LogP contribution in [0.4, 0.5) is 35.5 Å². The van der Waals surface area contributed by atoms with Crippen molar-refractivity contribution in [3.63, 3.8) is 0 Å². The fourth-order valence-corrected chi connectivity index (χ4v) is 6.95. The van der Waals surface area contributed by atoms with E-state index in [4.69, 9.17) is 5.73 Å². The smallest absolute Gasteiger partial charge is 0.358 e. The third kappa shape index (κ3) is 5.48. The van der Waals surface area contributed by atoms with Gasteiger partial charge in [-0.05, 0) is 75.6 Å². The normalized spacial score (nSPS) is 29.0. The number of hydrogen-bond acceptors (Lipinski definition) is 3. The van der Waals surface area contributed by atoms with Crippen LogP contribution < -0.4 is 16.4 Å². The van der Waals surface area contributed by atoms with Crippen LogP contribution >= 0.6 is 0 Å². The van der Waals surface area contributed by atoms with Crippen LogP contribution in [0, 0.1) is 12.7 Å². The maximum absolute atomic E-state index is 14.2. The van der Waals surface area contributed by atoms with Crippen molar-refractivity contribution in [1.29, 1.82) is 0 Å². The number of quaternary nitrogens is 1. The van der Waals surface area contributed by atoms with Crippen LogP contribution in [-0.4, -0.2) is 41.1 Å². The molecule has 2 aromatic carbocycles. The monoisotopic (exact) mass is 603 g/mol. The van der Waals surface area contributed by atoms with Crippen molar-refractivity contribution in [2.24, 2.45) is 5.73 Å². The van der Waals surface area contributed by atoms with E-state index in [-0.39, 0.29) is 36.9 Å². The first-order valence-electron chi connectivity index (χ1n) is 13.5. The van der Waals surface area contributed by atoms with E-state index in [1.54, 1.807) is 13.8 Å². The van der Waals surface area contributed by atoms with Gasteiger partial charge in [-0.25, -0.2) is 13.7 Å². The van der Waals surface area contributed by atoms with Crippen molar-refractivity contribution < 1.29 is 44.8 Å². The van der Waals surface area contributed by atoms with E-state index in [2.05, 4.69) is 10.6 Å². The highest BCUT2D eigenvalue weighted by atomic mass is 19.4. The van der Waals surface area contributed by atoms with Gasteiger partial charge in [-0.2, -0.15) is 26.3 Å². The van der Waals surface area contributed by atoms with E-state index in [1.807, 2.05) is 0 Å². The topological polar surface area (TPSA) is 84.2 Å². The van der Waals surface area contributed by atoms with Gasteiger partial charge < -0.3 is 11.1 Å². The molecule has 4 unspecified atom stereocenters. The van der Waals surface area contributed by atoms with Crippen molar-refractivity contribution in [2.45, 2.75) is 82.0 Å². The van der Waals surface area contributed by atoms with Crippen molar-refractivity contribution in [2.75, 3.05) is 13.6 Å². The Morgan fingerprint density at radius 1 is 1.02 bits per heavy atom. The molecule has 4 N–H and O–H groups in total. The number of amides is 3. The number of likely N-dealkylation sites (N-methyl/N-ethyl adjacent to an activating group) is 1. The Labute approximate surface area is 239 Å². The summed E-state index contributed by atoms with van der Waals surface area (Å²) in [5.74, 6) is -0.794. The number of hydrogen-bond donors (Lipinski definition) is 3. The largest absolute Gasteiger partial charge is 0.416 e. The highest BCUT2D eigenvalue weighted by Crippen LogP contribution is 2.53. The van der Waals surface area contributed by atoms with E-state index < -0.39 is 63.0 Å². The molecular weight excluding hydrogens is 569 g/mol. The van der Waals surface area contributed by atoms with Crippen LogP contribution in [0.25, 0.3) is 0 Å². The maximum Gasteiger partial charge on any atom is 0.416 e. The highest BCUT2D eigenvalue weighted by molar-refractivity contribution is 5.86. The Balaban J connectivity index is 1.91. The van der Waals surface area contributed by atoms with Crippen LogP contribution in [0.5, 0.6) is 0 Å². The number of nitrogens with one attached hydrogen (secondary N) is 2. The fourth-order valence-electron chi connectivity index (χ4n) is 6.95. The van der Waals surface area contributed by atoms with Gasteiger partial charge in [-0.1, -0.05) is 0 Å². The molecular formula is C29H34F7N4O2+. The minimum atomic E-state index is -5.08. The molecule has 6 nitrogen and oxygen atoms in total. The first kappa shape index (κ1) is 31.7. The number of benzene rings is 2. The van der Waals surface area contributed by atoms with Crippen LogP contribution in [0.2, 0.25) is 0 Å². The molecule has 2 fully saturated rings. The first-order chi connectivity index (χ1) is 19.3. The number of rotatable bonds is 4. The summed E-state index contributed by atoms with van der Waals surface area (Å²) in [5.41, 5.74) is 1.98. The molecule has 4 rings (SSSR count). The molecule has 3 amide bonds. The van der Waals surface area contributed by atoms with E-state index in [9.17, 15) is 40.3 Å². The average molecular weight is 604 g/mol. The fraction of sp³-hybridized carbons (Fsp3) is 0.517. The molecule has 42 heavy (non-hydrogen) atoms. The van der Waals surface area contributed by atoms with E-state index in [1.165, 1.54) is 32.2 Å². The van der Waals surface area contributed by atoms with Crippen LogP contribution in [-0.2, 0) is 17.1 Å². The number of nitrogens with two attached hydrogens (primary N) is 1. The summed E-state index contributed by atoms with van der Waals surface area (Å²) in [6, 6.07) is 2.13. The second-order valence-corrected chi connectivity index (χ2v) is 11.8. The standard InChI is InChI=1S/C29H33F7N4O2/c1-16-11-21(30)5-6-22(16)23-15-27(8-7-26(3,39-27)24(41)38-4)9-10-40(23,25(37)42)17(2)18-12-19(28(31,32)33)14-20(13-18)29(34,35)36/h5-6,11-14,17,23,39H,7-10,15H2,1-4H3,(H2-,37,38,41,42)/p+1/t17-,23?,26?,27?,40?/m1/s1. The number of aryl methyl sites for hydroxylation is 1. The number of urea groups is 1. The van der Waals surface area contributed by atoms with Gasteiger partial charge in [-0.15, -0.1) is 0 Å². The molecule has 0 radical (unpaired) electrons. The zero-order chi connectivity index (χ0) is 31.5. The molecule has 0 bridgehead atoms. The molecule has 5 atom stereocenters. The zero-order valence-corrected chi connectivity index (χ0v) is 23.6. The molecule has 0 aliphatic carbocycles. The van der Waals surface area contributed by atoms with Crippen LogP contribution in [0.15, 0.2) is 36.4 Å². The van der Waals surface area contributed by atoms with Gasteiger partial charge in [0.05, 0.1) is 23.2 Å². The van der Waals surface area contributed by atoms with E-state index in [0.717, 1.165) is 0 Å². The molecule has 2 aliphatic heterocycles. The molecule has 2 saturated heterocycles. The molecule has 2 aromatic rings. The number of carbonyl (C=O) groups excluding carboxylic acids is 2. The van der Waals surface area contributed by atoms with Gasteiger partial charge in [0.1, 0.15) is 17.9 Å². The first-order valence-corrected chi connectivity index (χ1v) is 13.5. The summed E-state index contributed by atoms with van der Waals surface area (Å²) in [6.45, 7) is 4.70. The van der Waals surface area contributed by atoms with E-state index >= 15 is 0 Å². The quantitative estimate of drug-likeness (QED) is 0.284. The number of piperidine rings is 1. The van der Waals surface area contributed by atoms with Crippen molar-refractivity contribution in [1.82, 2.24) is 10.6 Å².